The van der Waals surface area contributed by atoms with Crippen molar-refractivity contribution in [1.29, 1.82) is 0 Å². The third-order valence-electron chi connectivity index (χ3n) is 7.48. The van der Waals surface area contributed by atoms with Crippen LogP contribution in [0.1, 0.15) is 91.7 Å². The molecule has 0 spiro atoms. The predicted molar refractivity (Wildman–Crippen MR) is 159 cm³/mol. The largest absolute Gasteiger partial charge is 0.443 e. The Kier molecular flexibility index (Phi) is 9.14. The van der Waals surface area contributed by atoms with E-state index in [1.54, 1.807) is 4.90 Å². The second-order valence-corrected chi connectivity index (χ2v) is 12.4. The minimum Gasteiger partial charge on any atom is -0.443 e. The standard InChI is InChI=1S/C33H45N3O3/c1-23(2)21-29-30(37)22-35(20-19-25-13-8-7-9-14-25)31(36(29)32(38)39-33(4,5)6)34-24(3)27-18-12-16-26-15-10-11-17-28(26)27/h10-13,15-18,23-24,29H,7-9,14,19-22H2,1-6H3/t24?,29-/m0/s1. The number of allylic oxidation sites excluding steroid dienone is 1. The molecule has 2 aromatic carbocycles. The van der Waals surface area contributed by atoms with Crippen LogP contribution in [-0.2, 0) is 9.53 Å². The third kappa shape index (κ3) is 7.28. The molecular weight excluding hydrogens is 486 g/mol. The number of hydrogen-bond donors (Lipinski definition) is 0. The summed E-state index contributed by atoms with van der Waals surface area (Å²) in [7, 11) is 0. The summed E-state index contributed by atoms with van der Waals surface area (Å²) in [5, 5.41) is 2.30. The summed E-state index contributed by atoms with van der Waals surface area (Å²) < 4.78 is 5.88. The van der Waals surface area contributed by atoms with E-state index in [2.05, 4.69) is 57.2 Å². The summed E-state index contributed by atoms with van der Waals surface area (Å²) in [5.41, 5.74) is 1.84. The highest BCUT2D eigenvalue weighted by Gasteiger charge is 2.43. The molecule has 210 valence electrons. The van der Waals surface area contributed by atoms with Crippen LogP contribution in [-0.4, -0.2) is 52.4 Å². The van der Waals surface area contributed by atoms with E-state index in [-0.39, 0.29) is 24.3 Å². The van der Waals surface area contributed by atoms with Crippen molar-refractivity contribution < 1.29 is 14.3 Å². The van der Waals surface area contributed by atoms with Crippen LogP contribution < -0.4 is 0 Å². The highest BCUT2D eigenvalue weighted by atomic mass is 16.6. The molecule has 1 unspecified atom stereocenters. The van der Waals surface area contributed by atoms with Crippen LogP contribution in [0.2, 0.25) is 0 Å². The van der Waals surface area contributed by atoms with E-state index in [0.29, 0.717) is 18.9 Å². The Labute approximate surface area is 234 Å². The van der Waals surface area contributed by atoms with Crippen LogP contribution >= 0.6 is 0 Å². The van der Waals surface area contributed by atoms with Gasteiger partial charge in [0.1, 0.15) is 11.6 Å². The zero-order valence-electron chi connectivity index (χ0n) is 24.6. The van der Waals surface area contributed by atoms with Crippen LogP contribution in [0.3, 0.4) is 0 Å². The number of ether oxygens (including phenoxy) is 1. The molecule has 39 heavy (non-hydrogen) atoms. The zero-order valence-corrected chi connectivity index (χ0v) is 24.6. The lowest BCUT2D eigenvalue weighted by Crippen LogP contribution is -2.63. The molecule has 2 atom stereocenters. The summed E-state index contributed by atoms with van der Waals surface area (Å²) >= 11 is 0. The highest BCUT2D eigenvalue weighted by Crippen LogP contribution is 2.30. The van der Waals surface area contributed by atoms with E-state index in [1.165, 1.54) is 18.4 Å². The third-order valence-corrected chi connectivity index (χ3v) is 7.48. The van der Waals surface area contributed by atoms with Crippen molar-refractivity contribution in [2.24, 2.45) is 10.9 Å². The number of nitrogens with zero attached hydrogens (tertiary/aromatic N) is 3. The predicted octanol–water partition coefficient (Wildman–Crippen LogP) is 7.68. The first-order valence-corrected chi connectivity index (χ1v) is 14.6. The van der Waals surface area contributed by atoms with Crippen molar-refractivity contribution >= 4 is 28.6 Å². The number of amides is 1. The first-order chi connectivity index (χ1) is 18.5. The molecule has 1 aliphatic carbocycles. The molecule has 0 bridgehead atoms. The van der Waals surface area contributed by atoms with Crippen LogP contribution in [0.25, 0.3) is 10.8 Å². The molecule has 0 saturated carbocycles. The van der Waals surface area contributed by atoms with Gasteiger partial charge in [-0.1, -0.05) is 68.0 Å². The van der Waals surface area contributed by atoms with Crippen LogP contribution in [0.15, 0.2) is 59.1 Å². The average Bonchev–Trinajstić information content (AvgIpc) is 2.88. The fraction of sp³-hybridized carbons (Fsp3) is 0.545. The fourth-order valence-corrected chi connectivity index (χ4v) is 5.59. The second-order valence-electron chi connectivity index (χ2n) is 12.4. The number of carbonyl (C=O) groups is 2. The number of rotatable bonds is 7. The number of hydrogen-bond acceptors (Lipinski definition) is 4. The molecule has 1 saturated heterocycles. The van der Waals surface area contributed by atoms with Crippen LogP contribution in [0.4, 0.5) is 4.79 Å². The maximum absolute atomic E-state index is 13.8. The number of aliphatic imine (C=N–C) groups is 1. The van der Waals surface area contributed by atoms with Gasteiger partial charge in [0.2, 0.25) is 5.96 Å². The van der Waals surface area contributed by atoms with Crippen molar-refractivity contribution in [1.82, 2.24) is 9.80 Å². The van der Waals surface area contributed by atoms with Crippen molar-refractivity contribution in [2.45, 2.75) is 97.8 Å². The highest BCUT2D eigenvalue weighted by molar-refractivity contribution is 6.05. The lowest BCUT2D eigenvalue weighted by Gasteiger charge is -2.43. The summed E-state index contributed by atoms with van der Waals surface area (Å²) in [6.45, 7) is 12.7. The molecule has 1 heterocycles. The maximum atomic E-state index is 13.8. The van der Waals surface area contributed by atoms with Crippen LogP contribution in [0, 0.1) is 5.92 Å². The number of guanidine groups is 1. The van der Waals surface area contributed by atoms with Gasteiger partial charge in [0, 0.05) is 6.54 Å². The van der Waals surface area contributed by atoms with Gasteiger partial charge in [-0.2, -0.15) is 0 Å². The van der Waals surface area contributed by atoms with E-state index < -0.39 is 17.7 Å². The zero-order chi connectivity index (χ0) is 28.2. The number of ketones is 1. The van der Waals surface area contributed by atoms with Crippen molar-refractivity contribution in [3.05, 3.63) is 59.7 Å². The minimum absolute atomic E-state index is 0.0453. The molecule has 2 aromatic rings. The second kappa shape index (κ2) is 12.4. The Bertz CT molecular complexity index is 1230. The first kappa shape index (κ1) is 28.8. The Morgan fingerprint density at radius 1 is 1.08 bits per heavy atom. The topological polar surface area (TPSA) is 62.2 Å². The van der Waals surface area contributed by atoms with E-state index in [4.69, 9.17) is 9.73 Å². The molecule has 1 amide bonds. The number of benzene rings is 2. The summed E-state index contributed by atoms with van der Waals surface area (Å²) in [4.78, 5) is 36.2. The molecule has 6 nitrogen and oxygen atoms in total. The Balaban J connectivity index is 1.77. The van der Waals surface area contributed by atoms with Gasteiger partial charge in [-0.15, -0.1) is 0 Å². The van der Waals surface area contributed by atoms with Gasteiger partial charge in [-0.25, -0.2) is 14.7 Å². The Morgan fingerprint density at radius 2 is 1.82 bits per heavy atom. The quantitative estimate of drug-likeness (QED) is 0.344. The van der Waals surface area contributed by atoms with E-state index in [1.807, 2.05) is 37.8 Å². The van der Waals surface area contributed by atoms with E-state index in [0.717, 1.165) is 35.6 Å². The van der Waals surface area contributed by atoms with Gasteiger partial charge >= 0.3 is 6.09 Å². The van der Waals surface area contributed by atoms with Gasteiger partial charge in [0.25, 0.3) is 0 Å². The van der Waals surface area contributed by atoms with Gasteiger partial charge in [-0.05, 0) is 88.5 Å². The molecule has 0 radical (unpaired) electrons. The number of fused-ring (bicyclic) bond motifs is 1. The molecule has 6 heteroatoms. The molecule has 1 aliphatic heterocycles. The molecule has 0 aromatic heterocycles. The smallest absolute Gasteiger partial charge is 0.417 e. The first-order valence-electron chi connectivity index (χ1n) is 14.6. The summed E-state index contributed by atoms with van der Waals surface area (Å²) in [6, 6.07) is 13.8. The van der Waals surface area contributed by atoms with Gasteiger partial charge in [0.15, 0.2) is 5.78 Å². The number of Topliss-reactive ketones (excluding diaryl/α,β-unsaturated/α-hetero) is 1. The van der Waals surface area contributed by atoms with Crippen molar-refractivity contribution in [3.63, 3.8) is 0 Å². The summed E-state index contributed by atoms with van der Waals surface area (Å²) in [6.07, 6.45) is 7.95. The molecule has 2 aliphatic rings. The maximum Gasteiger partial charge on any atom is 0.417 e. The molecule has 1 fully saturated rings. The van der Waals surface area contributed by atoms with Crippen LogP contribution in [0.5, 0.6) is 0 Å². The Hall–Kier alpha value is -3.15. The molecule has 0 N–H and O–H groups in total. The van der Waals surface area contributed by atoms with Crippen molar-refractivity contribution in [2.75, 3.05) is 13.1 Å². The average molecular weight is 532 g/mol. The van der Waals surface area contributed by atoms with Gasteiger partial charge in [0.05, 0.1) is 12.6 Å². The number of carbonyl (C=O) groups excluding carboxylic acids is 2. The van der Waals surface area contributed by atoms with Gasteiger partial charge < -0.3 is 9.64 Å². The SMILES string of the molecule is CC(C)C[C@H]1C(=O)CN(CCC2=CCCCC2)C(=NC(C)c2cccc3ccccc23)N1C(=O)OC(C)(C)C. The van der Waals surface area contributed by atoms with E-state index >= 15 is 0 Å². The summed E-state index contributed by atoms with van der Waals surface area (Å²) in [5.74, 6) is 0.829. The fourth-order valence-electron chi connectivity index (χ4n) is 5.59. The van der Waals surface area contributed by atoms with Crippen molar-refractivity contribution in [3.8, 4) is 0 Å². The lowest BCUT2D eigenvalue weighted by atomic mass is 9.95. The molecule has 4 rings (SSSR count). The molecular formula is C33H45N3O3. The lowest BCUT2D eigenvalue weighted by molar-refractivity contribution is -0.126. The van der Waals surface area contributed by atoms with Gasteiger partial charge in [-0.3, -0.25) is 4.79 Å². The Morgan fingerprint density at radius 3 is 2.51 bits per heavy atom. The normalized spacial score (nSPS) is 20.5. The van der Waals surface area contributed by atoms with E-state index in [9.17, 15) is 9.59 Å². The minimum atomic E-state index is -0.690. The monoisotopic (exact) mass is 531 g/mol.